The zero-order chi connectivity index (χ0) is 24.7. The van der Waals surface area contributed by atoms with E-state index in [0.29, 0.717) is 31.6 Å². The summed E-state index contributed by atoms with van der Waals surface area (Å²) in [5, 5.41) is 0. The van der Waals surface area contributed by atoms with E-state index >= 15 is 0 Å². The van der Waals surface area contributed by atoms with Gasteiger partial charge >= 0.3 is 12.1 Å². The highest BCUT2D eigenvalue weighted by Crippen LogP contribution is 2.23. The number of aliphatic imine (C=N–C) groups is 1. The van der Waals surface area contributed by atoms with Crippen LogP contribution in [0.25, 0.3) is 0 Å². The van der Waals surface area contributed by atoms with Crippen molar-refractivity contribution >= 4 is 24.0 Å². The molecule has 1 heterocycles. The van der Waals surface area contributed by atoms with Gasteiger partial charge in [-0.25, -0.2) is 13.6 Å². The van der Waals surface area contributed by atoms with E-state index in [1.54, 1.807) is 4.90 Å². The van der Waals surface area contributed by atoms with Crippen LogP contribution in [0.3, 0.4) is 0 Å². The quantitative estimate of drug-likeness (QED) is 0.309. The highest BCUT2D eigenvalue weighted by molar-refractivity contribution is 5.83. The Hall–Kier alpha value is -3.29. The van der Waals surface area contributed by atoms with Gasteiger partial charge in [0.05, 0.1) is 11.6 Å². The smallest absolute Gasteiger partial charge is 0.410 e. The summed E-state index contributed by atoms with van der Waals surface area (Å²) in [5.41, 5.74) is 0.113. The van der Waals surface area contributed by atoms with Crippen LogP contribution in [-0.2, 0) is 9.53 Å². The van der Waals surface area contributed by atoms with Gasteiger partial charge in [-0.05, 0) is 76.4 Å². The molecule has 2 aromatic carbocycles. The maximum Gasteiger partial charge on any atom is 0.410 e. The molecule has 1 unspecified atom stereocenters. The lowest BCUT2D eigenvalue weighted by molar-refractivity contribution is -0.139. The fourth-order valence-electron chi connectivity index (χ4n) is 3.55. The molecule has 1 saturated heterocycles. The molecule has 0 bridgehead atoms. The zero-order valence-electron chi connectivity index (χ0n) is 19.7. The van der Waals surface area contributed by atoms with E-state index in [2.05, 4.69) is 4.99 Å². The van der Waals surface area contributed by atoms with Crippen molar-refractivity contribution in [2.45, 2.75) is 52.1 Å². The Kier molecular flexibility index (Phi) is 8.36. The Labute approximate surface area is 198 Å². The van der Waals surface area contributed by atoms with E-state index in [1.165, 1.54) is 42.6 Å². The number of ether oxygens (including phenoxy) is 2. The second kappa shape index (κ2) is 11.2. The van der Waals surface area contributed by atoms with E-state index in [9.17, 15) is 18.4 Å². The molecule has 0 radical (unpaired) electrons. The van der Waals surface area contributed by atoms with Crippen LogP contribution in [0.15, 0.2) is 47.5 Å². The molecule has 0 saturated carbocycles. The minimum Gasteiger partial charge on any atom is -0.444 e. The number of likely N-dealkylation sites (tertiary alicyclic amines) is 1. The summed E-state index contributed by atoms with van der Waals surface area (Å²) in [6.45, 7) is 6.42. The minimum atomic E-state index is -0.593. The number of benzene rings is 2. The van der Waals surface area contributed by atoms with Crippen LogP contribution in [0, 0.1) is 17.6 Å². The fourth-order valence-corrected chi connectivity index (χ4v) is 3.55. The van der Waals surface area contributed by atoms with Gasteiger partial charge in [-0.2, -0.15) is 0 Å². The SMILES string of the molecule is CC(C)(C)OC(=O)N1CCCCC(C(=O)Oc2ccc(C=Nc3ccc(F)cc3)c(F)c2)CC1. The van der Waals surface area contributed by atoms with E-state index in [-0.39, 0.29) is 23.2 Å². The van der Waals surface area contributed by atoms with Crippen molar-refractivity contribution in [2.24, 2.45) is 10.9 Å². The molecule has 1 aliphatic rings. The van der Waals surface area contributed by atoms with Crippen LogP contribution in [0.5, 0.6) is 5.75 Å². The standard InChI is InChI=1S/C26H30F2N2O4/c1-26(2,3)34-25(32)30-14-5-4-6-18(13-15-30)24(31)33-22-12-7-19(23(28)16-22)17-29-21-10-8-20(27)9-11-21/h7-12,16-18H,4-6,13-15H2,1-3H3. The Morgan fingerprint density at radius 1 is 1.03 bits per heavy atom. The topological polar surface area (TPSA) is 68.2 Å². The summed E-state index contributed by atoms with van der Waals surface area (Å²) in [6, 6.07) is 9.62. The largest absolute Gasteiger partial charge is 0.444 e. The summed E-state index contributed by atoms with van der Waals surface area (Å²) < 4.78 is 38.4. The average molecular weight is 473 g/mol. The highest BCUT2D eigenvalue weighted by Gasteiger charge is 2.27. The van der Waals surface area contributed by atoms with Crippen LogP contribution < -0.4 is 4.74 Å². The van der Waals surface area contributed by atoms with E-state index in [1.807, 2.05) is 20.8 Å². The molecule has 182 valence electrons. The number of nitrogens with zero attached hydrogens (tertiary/aromatic N) is 2. The summed E-state index contributed by atoms with van der Waals surface area (Å²) in [4.78, 5) is 30.9. The van der Waals surface area contributed by atoms with E-state index in [4.69, 9.17) is 9.47 Å². The van der Waals surface area contributed by atoms with Gasteiger partial charge < -0.3 is 14.4 Å². The summed E-state index contributed by atoms with van der Waals surface area (Å²) in [5.74, 6) is -1.71. The van der Waals surface area contributed by atoms with Crippen LogP contribution in [0.1, 0.15) is 52.0 Å². The van der Waals surface area contributed by atoms with Crippen LogP contribution >= 0.6 is 0 Å². The molecular weight excluding hydrogens is 442 g/mol. The molecule has 1 amide bonds. The predicted molar refractivity (Wildman–Crippen MR) is 125 cm³/mol. The lowest BCUT2D eigenvalue weighted by atomic mass is 9.96. The molecular formula is C26H30F2N2O4. The first kappa shape index (κ1) is 25.3. The Bertz CT molecular complexity index is 1030. The monoisotopic (exact) mass is 472 g/mol. The minimum absolute atomic E-state index is 0.104. The number of carbonyl (C=O) groups is 2. The van der Waals surface area contributed by atoms with Crippen LogP contribution in [0.2, 0.25) is 0 Å². The first-order valence-electron chi connectivity index (χ1n) is 11.4. The number of hydrogen-bond acceptors (Lipinski definition) is 5. The second-order valence-corrected chi connectivity index (χ2v) is 9.29. The maximum atomic E-state index is 14.5. The molecule has 0 aliphatic carbocycles. The molecule has 1 atom stereocenters. The average Bonchev–Trinajstić information content (AvgIpc) is 2.73. The van der Waals surface area contributed by atoms with Gasteiger partial charge in [0, 0.05) is 30.9 Å². The van der Waals surface area contributed by atoms with Gasteiger partial charge in [0.2, 0.25) is 0 Å². The molecule has 6 nitrogen and oxygen atoms in total. The van der Waals surface area contributed by atoms with Crippen molar-refractivity contribution in [2.75, 3.05) is 13.1 Å². The number of rotatable bonds is 4. The van der Waals surface area contributed by atoms with Crippen molar-refractivity contribution in [1.82, 2.24) is 4.90 Å². The van der Waals surface area contributed by atoms with Crippen LogP contribution in [-0.4, -0.2) is 41.9 Å². The highest BCUT2D eigenvalue weighted by atomic mass is 19.1. The number of hydrogen-bond donors (Lipinski definition) is 0. The fraction of sp³-hybridized carbons (Fsp3) is 0.423. The molecule has 0 N–H and O–H groups in total. The Balaban J connectivity index is 1.59. The Morgan fingerprint density at radius 2 is 1.76 bits per heavy atom. The maximum absolute atomic E-state index is 14.5. The summed E-state index contributed by atoms with van der Waals surface area (Å²) in [7, 11) is 0. The summed E-state index contributed by atoms with van der Waals surface area (Å²) in [6.07, 6.45) is 3.57. The van der Waals surface area contributed by atoms with Gasteiger partial charge in [-0.3, -0.25) is 9.79 Å². The zero-order valence-corrected chi connectivity index (χ0v) is 19.7. The second-order valence-electron chi connectivity index (χ2n) is 9.29. The lowest BCUT2D eigenvalue weighted by Crippen LogP contribution is -2.40. The van der Waals surface area contributed by atoms with Gasteiger partial charge in [-0.15, -0.1) is 0 Å². The first-order chi connectivity index (χ1) is 16.1. The van der Waals surface area contributed by atoms with Gasteiger partial charge in [0.1, 0.15) is 23.0 Å². The number of esters is 1. The normalized spacial score (nSPS) is 17.2. The van der Waals surface area contributed by atoms with Crippen molar-refractivity contribution in [3.05, 3.63) is 59.7 Å². The number of carbonyl (C=O) groups excluding carboxylic acids is 2. The van der Waals surface area contributed by atoms with Gasteiger partial charge in [0.15, 0.2) is 0 Å². The molecule has 2 aromatic rings. The molecule has 0 aromatic heterocycles. The molecule has 34 heavy (non-hydrogen) atoms. The third-order valence-electron chi connectivity index (χ3n) is 5.33. The molecule has 1 fully saturated rings. The van der Waals surface area contributed by atoms with E-state index < -0.39 is 23.3 Å². The summed E-state index contributed by atoms with van der Waals surface area (Å²) >= 11 is 0. The number of amides is 1. The third-order valence-corrected chi connectivity index (χ3v) is 5.33. The van der Waals surface area contributed by atoms with E-state index in [0.717, 1.165) is 18.9 Å². The van der Waals surface area contributed by atoms with Gasteiger partial charge in [0.25, 0.3) is 0 Å². The molecule has 8 heteroatoms. The first-order valence-corrected chi connectivity index (χ1v) is 11.4. The van der Waals surface area contributed by atoms with Crippen LogP contribution in [0.4, 0.5) is 19.3 Å². The Morgan fingerprint density at radius 3 is 2.44 bits per heavy atom. The molecule has 0 spiro atoms. The van der Waals surface area contributed by atoms with Gasteiger partial charge in [-0.1, -0.05) is 6.42 Å². The third kappa shape index (κ3) is 7.64. The van der Waals surface area contributed by atoms with Crippen molar-refractivity contribution in [3.63, 3.8) is 0 Å². The predicted octanol–water partition coefficient (Wildman–Crippen LogP) is 6.05. The molecule has 3 rings (SSSR count). The van der Waals surface area contributed by atoms with Crippen molar-refractivity contribution in [3.8, 4) is 5.75 Å². The molecule has 1 aliphatic heterocycles. The lowest BCUT2D eigenvalue weighted by Gasteiger charge is -2.30. The number of halogens is 2. The van der Waals surface area contributed by atoms with Crippen molar-refractivity contribution in [1.29, 1.82) is 0 Å². The van der Waals surface area contributed by atoms with Crippen molar-refractivity contribution < 1.29 is 27.8 Å².